The van der Waals surface area contributed by atoms with Crippen molar-refractivity contribution in [1.29, 1.82) is 5.26 Å². The van der Waals surface area contributed by atoms with Gasteiger partial charge in [-0.05, 0) is 6.42 Å². The molecule has 19 heavy (non-hydrogen) atoms. The Morgan fingerprint density at radius 1 is 1.53 bits per heavy atom. The van der Waals surface area contributed by atoms with E-state index in [0.717, 1.165) is 45.8 Å². The summed E-state index contributed by atoms with van der Waals surface area (Å²) in [5.41, 5.74) is 1.24. The van der Waals surface area contributed by atoms with Crippen LogP contribution in [0.15, 0.2) is 24.0 Å². The molecule has 106 valence electrons. The highest BCUT2D eigenvalue weighted by Crippen LogP contribution is 2.05. The highest BCUT2D eigenvalue weighted by molar-refractivity contribution is 5.38. The summed E-state index contributed by atoms with van der Waals surface area (Å²) in [4.78, 5) is 4.46. The molecule has 1 aliphatic heterocycles. The summed E-state index contributed by atoms with van der Waals surface area (Å²) in [6.07, 6.45) is 2.93. The lowest BCUT2D eigenvalue weighted by molar-refractivity contribution is 0.0368. The van der Waals surface area contributed by atoms with Crippen molar-refractivity contribution in [2.24, 2.45) is 0 Å². The van der Waals surface area contributed by atoms with E-state index >= 15 is 0 Å². The molecule has 0 aromatic heterocycles. The first kappa shape index (κ1) is 15.5. The Labute approximate surface area is 116 Å². The van der Waals surface area contributed by atoms with Crippen LogP contribution in [-0.2, 0) is 4.74 Å². The van der Waals surface area contributed by atoms with E-state index in [1.165, 1.54) is 0 Å². The van der Waals surface area contributed by atoms with Crippen molar-refractivity contribution < 1.29 is 4.74 Å². The minimum absolute atomic E-state index is 0.580. The van der Waals surface area contributed by atoms with E-state index in [1.54, 1.807) is 7.05 Å². The van der Waals surface area contributed by atoms with E-state index in [1.807, 2.05) is 18.1 Å². The van der Waals surface area contributed by atoms with Gasteiger partial charge in [0.25, 0.3) is 0 Å². The number of nitriles is 1. The number of morpholine rings is 1. The van der Waals surface area contributed by atoms with Crippen LogP contribution in [0.3, 0.4) is 0 Å². The molecule has 0 aliphatic carbocycles. The second-order valence-corrected chi connectivity index (χ2v) is 4.67. The Bertz CT molecular complexity index is 353. The van der Waals surface area contributed by atoms with Gasteiger partial charge in [0, 0.05) is 52.2 Å². The molecule has 0 amide bonds. The molecule has 1 N–H and O–H groups in total. The predicted octanol–water partition coefficient (Wildman–Crippen LogP) is 0.781. The number of nitrogens with one attached hydrogen (secondary N) is 1. The molecule has 0 radical (unpaired) electrons. The van der Waals surface area contributed by atoms with E-state index in [9.17, 15) is 0 Å². The highest BCUT2D eigenvalue weighted by Gasteiger charge is 2.09. The third kappa shape index (κ3) is 5.77. The number of likely N-dealkylation sites (N-methyl/N-ethyl adjacent to an activating group) is 1. The Morgan fingerprint density at radius 3 is 2.79 bits per heavy atom. The van der Waals surface area contributed by atoms with Crippen molar-refractivity contribution in [3.05, 3.63) is 24.0 Å². The van der Waals surface area contributed by atoms with Gasteiger partial charge >= 0.3 is 0 Å². The van der Waals surface area contributed by atoms with Crippen molar-refractivity contribution in [1.82, 2.24) is 15.1 Å². The van der Waals surface area contributed by atoms with E-state index in [4.69, 9.17) is 10.00 Å². The van der Waals surface area contributed by atoms with Crippen LogP contribution in [0.2, 0.25) is 0 Å². The third-order valence-electron chi connectivity index (χ3n) is 3.19. The molecule has 1 heterocycles. The van der Waals surface area contributed by atoms with E-state index < -0.39 is 0 Å². The second-order valence-electron chi connectivity index (χ2n) is 4.67. The molecule has 0 unspecified atom stereocenters. The number of rotatable bonds is 7. The van der Waals surface area contributed by atoms with Gasteiger partial charge in [-0.25, -0.2) is 0 Å². The molecule has 1 rings (SSSR count). The minimum Gasteiger partial charge on any atom is -0.387 e. The minimum atomic E-state index is 0.580. The van der Waals surface area contributed by atoms with E-state index in [-0.39, 0.29) is 0 Å². The summed E-state index contributed by atoms with van der Waals surface area (Å²) in [6, 6.07) is 2.15. The fourth-order valence-corrected chi connectivity index (χ4v) is 1.96. The van der Waals surface area contributed by atoms with Crippen LogP contribution < -0.4 is 5.32 Å². The Balaban J connectivity index is 2.30. The van der Waals surface area contributed by atoms with Gasteiger partial charge in [-0.15, -0.1) is 0 Å². The first-order chi connectivity index (χ1) is 9.17. The fraction of sp³-hybridized carbons (Fsp3) is 0.643. The maximum atomic E-state index is 9.04. The monoisotopic (exact) mass is 264 g/mol. The standard InChI is InChI=1S/C14H24N4O/c1-13(16-2)14(11-15)12-17(3)5-4-6-18-7-9-19-10-8-18/h12,16H,1,4-10H2,2-3H3/b14-12-. The Hall–Kier alpha value is -1.51. The zero-order valence-electron chi connectivity index (χ0n) is 12.0. The van der Waals surface area contributed by atoms with Crippen LogP contribution in [0.4, 0.5) is 0 Å². The molecule has 1 saturated heterocycles. The number of ether oxygens (including phenoxy) is 1. The van der Waals surface area contributed by atoms with Crippen molar-refractivity contribution in [2.45, 2.75) is 6.42 Å². The van der Waals surface area contributed by atoms with Crippen molar-refractivity contribution >= 4 is 0 Å². The zero-order valence-corrected chi connectivity index (χ0v) is 12.0. The van der Waals surface area contributed by atoms with Gasteiger partial charge in [0.05, 0.1) is 18.8 Å². The largest absolute Gasteiger partial charge is 0.387 e. The van der Waals surface area contributed by atoms with Crippen LogP contribution in [-0.4, -0.2) is 63.3 Å². The molecular weight excluding hydrogens is 240 g/mol. The second kappa shape index (κ2) is 8.57. The molecule has 0 saturated carbocycles. The predicted molar refractivity (Wildman–Crippen MR) is 76.4 cm³/mol. The SMILES string of the molecule is C=C(NC)/C(C#N)=C\N(C)CCCN1CCOCC1. The molecule has 5 nitrogen and oxygen atoms in total. The summed E-state index contributed by atoms with van der Waals surface area (Å²) in [6.45, 7) is 9.55. The molecule has 1 aliphatic rings. The number of nitrogens with zero attached hydrogens (tertiary/aromatic N) is 3. The Morgan fingerprint density at radius 2 is 2.21 bits per heavy atom. The summed E-state index contributed by atoms with van der Waals surface area (Å²) >= 11 is 0. The topological polar surface area (TPSA) is 51.5 Å². The Kier molecular flexibility index (Phi) is 7.01. The summed E-state index contributed by atoms with van der Waals surface area (Å²) in [5, 5.41) is 11.9. The summed E-state index contributed by atoms with van der Waals surface area (Å²) in [5.74, 6) is 0. The third-order valence-corrected chi connectivity index (χ3v) is 3.19. The van der Waals surface area contributed by atoms with Crippen molar-refractivity contribution in [2.75, 3.05) is 53.5 Å². The van der Waals surface area contributed by atoms with Crippen LogP contribution in [0, 0.1) is 11.3 Å². The molecule has 0 aromatic carbocycles. The maximum absolute atomic E-state index is 9.04. The lowest BCUT2D eigenvalue weighted by Crippen LogP contribution is -2.37. The average molecular weight is 264 g/mol. The average Bonchev–Trinajstić information content (AvgIpc) is 2.45. The number of allylic oxidation sites excluding steroid dienone is 1. The van der Waals surface area contributed by atoms with Gasteiger partial charge in [-0.2, -0.15) is 5.26 Å². The van der Waals surface area contributed by atoms with Gasteiger partial charge < -0.3 is 15.0 Å². The van der Waals surface area contributed by atoms with Gasteiger partial charge in [0.2, 0.25) is 0 Å². The van der Waals surface area contributed by atoms with Gasteiger partial charge in [0.1, 0.15) is 6.07 Å². The normalized spacial score (nSPS) is 16.8. The van der Waals surface area contributed by atoms with Crippen LogP contribution >= 0.6 is 0 Å². The number of hydrogen-bond acceptors (Lipinski definition) is 5. The lowest BCUT2D eigenvalue weighted by atomic mass is 10.2. The van der Waals surface area contributed by atoms with E-state index in [0.29, 0.717) is 11.3 Å². The zero-order chi connectivity index (χ0) is 14.1. The molecule has 0 aromatic rings. The smallest absolute Gasteiger partial charge is 0.103 e. The van der Waals surface area contributed by atoms with Crippen LogP contribution in [0.5, 0.6) is 0 Å². The molecular formula is C14H24N4O. The van der Waals surface area contributed by atoms with Crippen LogP contribution in [0.25, 0.3) is 0 Å². The molecule has 1 fully saturated rings. The fourth-order valence-electron chi connectivity index (χ4n) is 1.96. The van der Waals surface area contributed by atoms with E-state index in [2.05, 4.69) is 22.9 Å². The number of hydrogen-bond donors (Lipinski definition) is 1. The lowest BCUT2D eigenvalue weighted by Gasteiger charge is -2.27. The summed E-state index contributed by atoms with van der Waals surface area (Å²) < 4.78 is 5.32. The van der Waals surface area contributed by atoms with Gasteiger partial charge in [-0.1, -0.05) is 6.58 Å². The highest BCUT2D eigenvalue weighted by atomic mass is 16.5. The molecule has 0 atom stereocenters. The first-order valence-electron chi connectivity index (χ1n) is 6.66. The molecule has 0 spiro atoms. The first-order valence-corrected chi connectivity index (χ1v) is 6.66. The van der Waals surface area contributed by atoms with Crippen molar-refractivity contribution in [3.63, 3.8) is 0 Å². The quantitative estimate of drug-likeness (QED) is 0.544. The van der Waals surface area contributed by atoms with Gasteiger partial charge in [-0.3, -0.25) is 4.90 Å². The van der Waals surface area contributed by atoms with Crippen LogP contribution in [0.1, 0.15) is 6.42 Å². The molecule has 0 bridgehead atoms. The van der Waals surface area contributed by atoms with Crippen molar-refractivity contribution in [3.8, 4) is 6.07 Å². The maximum Gasteiger partial charge on any atom is 0.103 e. The van der Waals surface area contributed by atoms with Gasteiger partial charge in [0.15, 0.2) is 0 Å². The molecule has 5 heteroatoms. The summed E-state index contributed by atoms with van der Waals surface area (Å²) in [7, 11) is 3.76.